The molecule has 0 atom stereocenters. The third-order valence-corrected chi connectivity index (χ3v) is 3.94. The van der Waals surface area contributed by atoms with E-state index in [0.29, 0.717) is 33.4 Å². The smallest absolute Gasteiger partial charge is 0.257 e. The Morgan fingerprint density at radius 3 is 2.36 bits per heavy atom. The first kappa shape index (κ1) is 19.2. The fourth-order valence-corrected chi connectivity index (χ4v) is 2.37. The van der Waals surface area contributed by atoms with Crippen LogP contribution in [0, 0.1) is 0 Å². The van der Waals surface area contributed by atoms with E-state index in [-0.39, 0.29) is 16.9 Å². The summed E-state index contributed by atoms with van der Waals surface area (Å²) < 4.78 is 0. The lowest BCUT2D eigenvalue weighted by atomic mass is 10.2. The molecule has 2 aromatic carbocycles. The molecule has 8 heteroatoms. The zero-order chi connectivity index (χ0) is 18.4. The van der Waals surface area contributed by atoms with E-state index in [0.717, 1.165) is 0 Å². The van der Waals surface area contributed by atoms with Gasteiger partial charge in [-0.05, 0) is 54.7 Å². The molecule has 2 rings (SSSR count). The molecule has 0 unspecified atom stereocenters. The van der Waals surface area contributed by atoms with Crippen molar-refractivity contribution in [1.82, 2.24) is 5.32 Å². The molecule has 3 N–H and O–H groups in total. The first-order valence-electron chi connectivity index (χ1n) is 7.36. The molecule has 0 heterocycles. The maximum atomic E-state index is 12.1. The standard InChI is InChI=1S/C17H15Cl2N3O2S/c1-2-15(23)20-12-7-8-13(19)14(9-12)21-17(25)22-16(24)10-3-5-11(18)6-4-10/h3-9H,2H2,1H3,(H,20,23)(H2,21,22,24,25). The lowest BCUT2D eigenvalue weighted by Gasteiger charge is -2.13. The summed E-state index contributed by atoms with van der Waals surface area (Å²) in [7, 11) is 0. The van der Waals surface area contributed by atoms with Gasteiger partial charge in [0.25, 0.3) is 5.91 Å². The topological polar surface area (TPSA) is 70.2 Å². The average Bonchev–Trinajstić information content (AvgIpc) is 2.58. The summed E-state index contributed by atoms with van der Waals surface area (Å²) in [5.74, 6) is -0.493. The second-order valence-electron chi connectivity index (χ2n) is 5.01. The highest BCUT2D eigenvalue weighted by Crippen LogP contribution is 2.25. The maximum Gasteiger partial charge on any atom is 0.257 e. The highest BCUT2D eigenvalue weighted by Gasteiger charge is 2.10. The van der Waals surface area contributed by atoms with E-state index in [9.17, 15) is 9.59 Å². The summed E-state index contributed by atoms with van der Waals surface area (Å²) >= 11 is 17.0. The number of halogens is 2. The van der Waals surface area contributed by atoms with Crippen molar-refractivity contribution < 1.29 is 9.59 Å². The normalized spacial score (nSPS) is 10.0. The number of benzene rings is 2. The van der Waals surface area contributed by atoms with Gasteiger partial charge in [-0.3, -0.25) is 14.9 Å². The number of amides is 2. The average molecular weight is 396 g/mol. The second kappa shape index (κ2) is 8.80. The lowest BCUT2D eigenvalue weighted by Crippen LogP contribution is -2.34. The van der Waals surface area contributed by atoms with Crippen LogP contribution < -0.4 is 16.0 Å². The van der Waals surface area contributed by atoms with E-state index in [2.05, 4.69) is 16.0 Å². The number of hydrogen-bond acceptors (Lipinski definition) is 3. The molecule has 0 saturated carbocycles. The van der Waals surface area contributed by atoms with Gasteiger partial charge >= 0.3 is 0 Å². The highest BCUT2D eigenvalue weighted by atomic mass is 35.5. The predicted molar refractivity (Wildman–Crippen MR) is 106 cm³/mol. The van der Waals surface area contributed by atoms with Crippen LogP contribution in [0.1, 0.15) is 23.7 Å². The summed E-state index contributed by atoms with van der Waals surface area (Å²) in [4.78, 5) is 23.6. The summed E-state index contributed by atoms with van der Waals surface area (Å²) in [6, 6.07) is 11.3. The third-order valence-electron chi connectivity index (χ3n) is 3.15. The van der Waals surface area contributed by atoms with Gasteiger partial charge in [-0.25, -0.2) is 0 Å². The van der Waals surface area contributed by atoms with Crippen molar-refractivity contribution in [3.05, 3.63) is 58.1 Å². The van der Waals surface area contributed by atoms with Crippen molar-refractivity contribution in [2.45, 2.75) is 13.3 Å². The van der Waals surface area contributed by atoms with Crippen molar-refractivity contribution in [3.8, 4) is 0 Å². The Kier molecular flexibility index (Phi) is 6.75. The fourth-order valence-electron chi connectivity index (χ4n) is 1.88. The zero-order valence-corrected chi connectivity index (χ0v) is 15.6. The van der Waals surface area contributed by atoms with Gasteiger partial charge in [-0.2, -0.15) is 0 Å². The summed E-state index contributed by atoms with van der Waals surface area (Å²) in [5, 5.41) is 9.14. The highest BCUT2D eigenvalue weighted by molar-refractivity contribution is 7.80. The van der Waals surface area contributed by atoms with Crippen LogP contribution in [0.25, 0.3) is 0 Å². The van der Waals surface area contributed by atoms with Gasteiger partial charge in [0.15, 0.2) is 5.11 Å². The Morgan fingerprint density at radius 1 is 1.04 bits per heavy atom. The molecule has 5 nitrogen and oxygen atoms in total. The first-order valence-corrected chi connectivity index (χ1v) is 8.52. The molecule has 0 aliphatic heterocycles. The number of anilines is 2. The quantitative estimate of drug-likeness (QED) is 0.667. The first-order chi connectivity index (χ1) is 11.9. The van der Waals surface area contributed by atoms with Crippen molar-refractivity contribution >= 4 is 63.7 Å². The summed E-state index contributed by atoms with van der Waals surface area (Å²) in [6.45, 7) is 1.76. The van der Waals surface area contributed by atoms with Gasteiger partial charge < -0.3 is 10.6 Å². The van der Waals surface area contributed by atoms with Crippen LogP contribution >= 0.6 is 35.4 Å². The van der Waals surface area contributed by atoms with E-state index < -0.39 is 0 Å². The van der Waals surface area contributed by atoms with E-state index in [4.69, 9.17) is 35.4 Å². The SMILES string of the molecule is CCC(=O)Nc1ccc(Cl)c(NC(=S)NC(=O)c2ccc(Cl)cc2)c1. The molecule has 0 spiro atoms. The number of thiocarbonyl (C=S) groups is 1. The Hall–Kier alpha value is -2.15. The number of nitrogens with one attached hydrogen (secondary N) is 3. The molecule has 2 amide bonds. The van der Waals surface area contributed by atoms with E-state index in [1.807, 2.05) is 0 Å². The van der Waals surface area contributed by atoms with Gasteiger partial charge in [0, 0.05) is 22.7 Å². The largest absolute Gasteiger partial charge is 0.331 e. The van der Waals surface area contributed by atoms with Crippen molar-refractivity contribution in [2.24, 2.45) is 0 Å². The van der Waals surface area contributed by atoms with Crippen LogP contribution in [-0.2, 0) is 4.79 Å². The molecule has 130 valence electrons. The molecular formula is C17H15Cl2N3O2S. The van der Waals surface area contributed by atoms with Gasteiger partial charge in [-0.1, -0.05) is 30.1 Å². The number of hydrogen-bond donors (Lipinski definition) is 3. The Bertz CT molecular complexity index is 810. The van der Waals surface area contributed by atoms with Gasteiger partial charge in [0.1, 0.15) is 0 Å². The van der Waals surface area contributed by atoms with Crippen LogP contribution in [0.2, 0.25) is 10.0 Å². The Morgan fingerprint density at radius 2 is 1.72 bits per heavy atom. The Labute approximate surface area is 160 Å². The lowest BCUT2D eigenvalue weighted by molar-refractivity contribution is -0.115. The van der Waals surface area contributed by atoms with Crippen LogP contribution in [0.5, 0.6) is 0 Å². The van der Waals surface area contributed by atoms with Gasteiger partial charge in [-0.15, -0.1) is 0 Å². The molecular weight excluding hydrogens is 381 g/mol. The molecule has 0 radical (unpaired) electrons. The maximum absolute atomic E-state index is 12.1. The molecule has 0 aliphatic carbocycles. The molecule has 0 saturated heterocycles. The summed E-state index contributed by atoms with van der Waals surface area (Å²) in [5.41, 5.74) is 1.46. The minimum atomic E-state index is -0.374. The van der Waals surface area contributed by atoms with Crippen molar-refractivity contribution in [3.63, 3.8) is 0 Å². The van der Waals surface area contributed by atoms with E-state index >= 15 is 0 Å². The monoisotopic (exact) mass is 395 g/mol. The summed E-state index contributed by atoms with van der Waals surface area (Å²) in [6.07, 6.45) is 0.362. The van der Waals surface area contributed by atoms with E-state index in [1.54, 1.807) is 49.4 Å². The van der Waals surface area contributed by atoms with Gasteiger partial charge in [0.2, 0.25) is 5.91 Å². The molecule has 0 aliphatic rings. The molecule has 0 fully saturated rings. The van der Waals surface area contributed by atoms with E-state index in [1.165, 1.54) is 0 Å². The molecule has 25 heavy (non-hydrogen) atoms. The van der Waals surface area contributed by atoms with Gasteiger partial charge in [0.05, 0.1) is 10.7 Å². The van der Waals surface area contributed by atoms with Crippen LogP contribution in [0.3, 0.4) is 0 Å². The zero-order valence-electron chi connectivity index (χ0n) is 13.2. The molecule has 0 bridgehead atoms. The van der Waals surface area contributed by atoms with Crippen molar-refractivity contribution in [2.75, 3.05) is 10.6 Å². The molecule has 2 aromatic rings. The van der Waals surface area contributed by atoms with Crippen LogP contribution in [0.15, 0.2) is 42.5 Å². The predicted octanol–water partition coefficient (Wildman–Crippen LogP) is 4.47. The van der Waals surface area contributed by atoms with Crippen LogP contribution in [0.4, 0.5) is 11.4 Å². The number of carbonyl (C=O) groups excluding carboxylic acids is 2. The fraction of sp³-hybridized carbons (Fsp3) is 0.118. The Balaban J connectivity index is 2.04. The minimum absolute atomic E-state index is 0.0841. The second-order valence-corrected chi connectivity index (χ2v) is 6.26. The van der Waals surface area contributed by atoms with Crippen molar-refractivity contribution in [1.29, 1.82) is 0 Å². The number of rotatable bonds is 4. The third kappa shape index (κ3) is 5.70. The minimum Gasteiger partial charge on any atom is -0.331 e. The van der Waals surface area contributed by atoms with Crippen LogP contribution in [-0.4, -0.2) is 16.9 Å². The number of carbonyl (C=O) groups is 2. The molecule has 0 aromatic heterocycles.